The maximum Gasteiger partial charge on any atom is 0.175 e. The number of benzene rings is 1. The summed E-state index contributed by atoms with van der Waals surface area (Å²) in [5, 5.41) is 9.09. The van der Waals surface area contributed by atoms with Crippen molar-refractivity contribution in [1.82, 2.24) is 0 Å². The largest absolute Gasteiger partial charge is 0.493 e. The molecule has 1 aromatic carbocycles. The number of ether oxygens (including phenoxy) is 2. The van der Waals surface area contributed by atoms with Crippen molar-refractivity contribution >= 4 is 25.8 Å². The Bertz CT molecular complexity index is 527. The molecule has 0 fully saturated rings. The minimum atomic E-state index is -2.97. The van der Waals surface area contributed by atoms with Gasteiger partial charge in [-0.1, -0.05) is 0 Å². The van der Waals surface area contributed by atoms with Gasteiger partial charge in [0.1, 0.15) is 9.84 Å². The third kappa shape index (κ3) is 5.38. The Labute approximate surface area is 121 Å². The second-order valence-corrected chi connectivity index (χ2v) is 7.21. The van der Waals surface area contributed by atoms with Gasteiger partial charge in [0.2, 0.25) is 0 Å². The van der Waals surface area contributed by atoms with Gasteiger partial charge in [0.25, 0.3) is 0 Å². The standard InChI is InChI=1S/C12H17BrO5S/c1-17-11-7-9(8-14)6-10(13)12(11)18-4-3-5-19(2,15)16/h6-7,14H,3-5,8H2,1-2H3. The molecule has 0 radical (unpaired) electrons. The van der Waals surface area contributed by atoms with Crippen LogP contribution in [0.4, 0.5) is 0 Å². The summed E-state index contributed by atoms with van der Waals surface area (Å²) in [6.07, 6.45) is 1.61. The fourth-order valence-corrected chi connectivity index (χ4v) is 2.75. The summed E-state index contributed by atoms with van der Waals surface area (Å²) in [7, 11) is -1.46. The van der Waals surface area contributed by atoms with Crippen LogP contribution in [-0.4, -0.2) is 39.2 Å². The number of aliphatic hydroxyl groups excluding tert-OH is 1. The fraction of sp³-hybridized carbons (Fsp3) is 0.500. The molecule has 1 rings (SSSR count). The molecule has 0 unspecified atom stereocenters. The van der Waals surface area contributed by atoms with Crippen molar-refractivity contribution in [3.05, 3.63) is 22.2 Å². The van der Waals surface area contributed by atoms with E-state index < -0.39 is 9.84 Å². The average molecular weight is 353 g/mol. The number of sulfone groups is 1. The summed E-state index contributed by atoms with van der Waals surface area (Å²) in [5.41, 5.74) is 0.701. The first-order valence-corrected chi connectivity index (χ1v) is 8.50. The van der Waals surface area contributed by atoms with E-state index in [-0.39, 0.29) is 19.0 Å². The lowest BCUT2D eigenvalue weighted by molar-refractivity contribution is 0.276. The molecule has 0 bridgehead atoms. The summed E-state index contributed by atoms with van der Waals surface area (Å²) >= 11 is 3.34. The number of hydrogen-bond acceptors (Lipinski definition) is 5. The first-order valence-electron chi connectivity index (χ1n) is 5.65. The van der Waals surface area contributed by atoms with Crippen LogP contribution in [0.1, 0.15) is 12.0 Å². The normalized spacial score (nSPS) is 11.4. The van der Waals surface area contributed by atoms with Crippen molar-refractivity contribution in [2.75, 3.05) is 25.7 Å². The molecule has 0 saturated carbocycles. The highest BCUT2D eigenvalue weighted by atomic mass is 79.9. The molecule has 0 aliphatic carbocycles. The quantitative estimate of drug-likeness (QED) is 0.757. The zero-order valence-corrected chi connectivity index (χ0v) is 13.3. The third-order valence-electron chi connectivity index (χ3n) is 2.38. The molecule has 108 valence electrons. The van der Waals surface area contributed by atoms with Crippen molar-refractivity contribution < 1.29 is 23.0 Å². The molecule has 0 aliphatic heterocycles. The zero-order valence-electron chi connectivity index (χ0n) is 10.8. The van der Waals surface area contributed by atoms with Crippen LogP contribution in [0.5, 0.6) is 11.5 Å². The maximum absolute atomic E-state index is 11.0. The molecule has 7 heteroatoms. The van der Waals surface area contributed by atoms with Crippen LogP contribution in [0.25, 0.3) is 0 Å². The van der Waals surface area contributed by atoms with E-state index in [2.05, 4.69) is 15.9 Å². The molecule has 0 atom stereocenters. The van der Waals surface area contributed by atoms with Crippen molar-refractivity contribution in [3.8, 4) is 11.5 Å². The van der Waals surface area contributed by atoms with E-state index in [1.165, 1.54) is 13.4 Å². The van der Waals surface area contributed by atoms with Crippen LogP contribution in [0.3, 0.4) is 0 Å². The highest BCUT2D eigenvalue weighted by Crippen LogP contribution is 2.36. The van der Waals surface area contributed by atoms with Crippen molar-refractivity contribution in [3.63, 3.8) is 0 Å². The first kappa shape index (κ1) is 16.3. The monoisotopic (exact) mass is 352 g/mol. The predicted molar refractivity (Wildman–Crippen MR) is 76.4 cm³/mol. The van der Waals surface area contributed by atoms with E-state index in [0.29, 0.717) is 28.0 Å². The summed E-state index contributed by atoms with van der Waals surface area (Å²) in [6, 6.07) is 3.41. The van der Waals surface area contributed by atoms with Gasteiger partial charge in [0.15, 0.2) is 11.5 Å². The van der Waals surface area contributed by atoms with Gasteiger partial charge < -0.3 is 14.6 Å². The number of hydrogen-bond donors (Lipinski definition) is 1. The lowest BCUT2D eigenvalue weighted by Crippen LogP contribution is -2.08. The highest BCUT2D eigenvalue weighted by Gasteiger charge is 2.12. The molecule has 0 saturated heterocycles. The molecule has 19 heavy (non-hydrogen) atoms. The Morgan fingerprint density at radius 2 is 2.05 bits per heavy atom. The number of aliphatic hydroxyl groups is 1. The predicted octanol–water partition coefficient (Wildman–Crippen LogP) is 1.76. The summed E-state index contributed by atoms with van der Waals surface area (Å²) in [5.74, 6) is 1.09. The minimum Gasteiger partial charge on any atom is -0.493 e. The molecular formula is C12H17BrO5S. The Hall–Kier alpha value is -0.790. The van der Waals surface area contributed by atoms with E-state index in [9.17, 15) is 8.42 Å². The average Bonchev–Trinajstić information content (AvgIpc) is 2.34. The Morgan fingerprint density at radius 3 is 2.58 bits per heavy atom. The molecule has 0 heterocycles. The fourth-order valence-electron chi connectivity index (χ4n) is 1.50. The van der Waals surface area contributed by atoms with Gasteiger partial charge in [0, 0.05) is 6.26 Å². The van der Waals surface area contributed by atoms with Gasteiger partial charge in [-0.15, -0.1) is 0 Å². The molecule has 1 aromatic rings. The highest BCUT2D eigenvalue weighted by molar-refractivity contribution is 9.10. The molecule has 1 N–H and O–H groups in total. The maximum atomic E-state index is 11.0. The Morgan fingerprint density at radius 1 is 1.37 bits per heavy atom. The molecular weight excluding hydrogens is 336 g/mol. The summed E-state index contributed by atoms with van der Waals surface area (Å²) in [6.45, 7) is 0.184. The summed E-state index contributed by atoms with van der Waals surface area (Å²) in [4.78, 5) is 0. The van der Waals surface area contributed by atoms with E-state index in [1.54, 1.807) is 12.1 Å². The van der Waals surface area contributed by atoms with Crippen LogP contribution >= 0.6 is 15.9 Å². The van der Waals surface area contributed by atoms with Crippen molar-refractivity contribution in [2.45, 2.75) is 13.0 Å². The molecule has 0 amide bonds. The van der Waals surface area contributed by atoms with Gasteiger partial charge >= 0.3 is 0 Å². The van der Waals surface area contributed by atoms with Crippen LogP contribution in [0.2, 0.25) is 0 Å². The van der Waals surface area contributed by atoms with E-state index in [4.69, 9.17) is 14.6 Å². The van der Waals surface area contributed by atoms with Gasteiger partial charge in [-0.3, -0.25) is 0 Å². The number of rotatable bonds is 7. The van der Waals surface area contributed by atoms with Crippen LogP contribution in [-0.2, 0) is 16.4 Å². The number of halogens is 1. The number of methoxy groups -OCH3 is 1. The topological polar surface area (TPSA) is 72.8 Å². The van der Waals surface area contributed by atoms with Gasteiger partial charge in [-0.2, -0.15) is 0 Å². The van der Waals surface area contributed by atoms with Gasteiger partial charge in [-0.25, -0.2) is 8.42 Å². The SMILES string of the molecule is COc1cc(CO)cc(Br)c1OCCCS(C)(=O)=O. The zero-order chi connectivity index (χ0) is 14.5. The first-order chi connectivity index (χ1) is 8.87. The van der Waals surface area contributed by atoms with Gasteiger partial charge in [0.05, 0.1) is 30.5 Å². The van der Waals surface area contributed by atoms with Crippen LogP contribution in [0.15, 0.2) is 16.6 Å². The summed E-state index contributed by atoms with van der Waals surface area (Å²) < 4.78 is 33.4. The second-order valence-electron chi connectivity index (χ2n) is 4.10. The molecule has 0 spiro atoms. The smallest absolute Gasteiger partial charge is 0.175 e. The minimum absolute atomic E-state index is 0.0850. The van der Waals surface area contributed by atoms with Crippen molar-refractivity contribution in [1.29, 1.82) is 0 Å². The second kappa shape index (κ2) is 7.12. The molecule has 5 nitrogen and oxygen atoms in total. The van der Waals surface area contributed by atoms with Crippen LogP contribution in [0, 0.1) is 0 Å². The Kier molecular flexibility index (Phi) is 6.09. The molecule has 0 aliphatic rings. The molecule has 0 aromatic heterocycles. The van der Waals surface area contributed by atoms with Crippen molar-refractivity contribution in [2.24, 2.45) is 0 Å². The van der Waals surface area contributed by atoms with E-state index in [0.717, 1.165) is 0 Å². The van der Waals surface area contributed by atoms with Crippen LogP contribution < -0.4 is 9.47 Å². The van der Waals surface area contributed by atoms with E-state index in [1.807, 2.05) is 0 Å². The third-order valence-corrected chi connectivity index (χ3v) is 4.00. The van der Waals surface area contributed by atoms with Gasteiger partial charge in [-0.05, 0) is 40.0 Å². The Balaban J connectivity index is 2.72. The lowest BCUT2D eigenvalue weighted by atomic mass is 10.2. The van der Waals surface area contributed by atoms with E-state index >= 15 is 0 Å². The lowest BCUT2D eigenvalue weighted by Gasteiger charge is -2.13.